The molecule has 0 amide bonds. The Balaban J connectivity index is 2.77. The molecule has 1 rings (SSSR count). The van der Waals surface area contributed by atoms with E-state index in [1.165, 1.54) is 0 Å². The van der Waals surface area contributed by atoms with Crippen LogP contribution in [-0.4, -0.2) is 30.4 Å². The molecule has 0 bridgehead atoms. The van der Waals surface area contributed by atoms with Crippen LogP contribution >= 0.6 is 12.0 Å². The molecule has 0 N–H and O–H groups in total. The highest BCUT2D eigenvalue weighted by Gasteiger charge is 2.51. The molecule has 0 radical (unpaired) electrons. The number of hydrogen-bond acceptors (Lipinski definition) is 6. The lowest BCUT2D eigenvalue weighted by atomic mass is 10.2. The van der Waals surface area contributed by atoms with Gasteiger partial charge in [0.25, 0.3) is 10.0 Å². The summed E-state index contributed by atoms with van der Waals surface area (Å²) in [7, 11) is -4.84. The van der Waals surface area contributed by atoms with Crippen molar-refractivity contribution < 1.29 is 31.8 Å². The summed E-state index contributed by atoms with van der Waals surface area (Å²) < 4.78 is 49.7. The Bertz CT molecular complexity index is 329. The summed E-state index contributed by atoms with van der Waals surface area (Å²) >= 11 is -0.812. The quantitative estimate of drug-likeness (QED) is 0.420. The van der Waals surface area contributed by atoms with E-state index >= 15 is 0 Å². The van der Waals surface area contributed by atoms with E-state index in [4.69, 9.17) is 0 Å². The Morgan fingerprint density at radius 2 is 1.71 bits per heavy atom. The summed E-state index contributed by atoms with van der Waals surface area (Å²) in [5.41, 5.74) is 0. The maximum Gasteiger partial charge on any atom is 0.433 e. The van der Waals surface area contributed by atoms with Crippen LogP contribution in [0.1, 0.15) is 25.7 Å². The molecule has 102 valence electrons. The molecular formula is C7H12F2NO5S2-. The van der Waals surface area contributed by atoms with Crippen molar-refractivity contribution in [2.45, 2.75) is 30.3 Å². The molecule has 17 heavy (non-hydrogen) atoms. The fraction of sp³-hybridized carbons (Fsp3) is 1.00. The topological polar surface area (TPSA) is 78.9 Å². The van der Waals surface area contributed by atoms with E-state index in [2.05, 4.69) is 9.37 Å². The third-order valence-electron chi connectivity index (χ3n) is 2.36. The largest absolute Gasteiger partial charge is 0.691 e. The average molecular weight is 292 g/mol. The lowest BCUT2D eigenvalue weighted by molar-refractivity contribution is -0.777. The Morgan fingerprint density at radius 1 is 1.18 bits per heavy atom. The highest BCUT2D eigenvalue weighted by molar-refractivity contribution is 8.10. The molecule has 1 fully saturated rings. The van der Waals surface area contributed by atoms with Crippen LogP contribution in [0.5, 0.6) is 0 Å². The molecule has 0 unspecified atom stereocenters. The van der Waals surface area contributed by atoms with Gasteiger partial charge in [-0.1, -0.05) is 12.8 Å². The van der Waals surface area contributed by atoms with Gasteiger partial charge in [0.15, 0.2) is 0 Å². The van der Waals surface area contributed by atoms with Gasteiger partial charge in [-0.2, -0.15) is 17.4 Å². The van der Waals surface area contributed by atoms with Gasteiger partial charge in [-0.15, -0.1) is 0 Å². The first-order valence-corrected chi connectivity index (χ1v) is 7.12. The zero-order valence-electron chi connectivity index (χ0n) is 8.80. The van der Waals surface area contributed by atoms with Crippen LogP contribution < -0.4 is 5.26 Å². The van der Waals surface area contributed by atoms with Crippen molar-refractivity contribution in [2.75, 3.05) is 13.1 Å². The minimum atomic E-state index is -4.84. The Morgan fingerprint density at radius 3 is 2.18 bits per heavy atom. The second kappa shape index (κ2) is 6.25. The number of sulfonamides is 1. The summed E-state index contributed by atoms with van der Waals surface area (Å²) in [5.74, 6) is 0. The zero-order valence-corrected chi connectivity index (χ0v) is 10.4. The van der Waals surface area contributed by atoms with E-state index in [1.807, 2.05) is 0 Å². The molecule has 0 aromatic rings. The van der Waals surface area contributed by atoms with E-state index in [0.717, 1.165) is 17.1 Å². The number of hydrogen-bond donors (Lipinski definition) is 0. The average Bonchev–Trinajstić information content (AvgIpc) is 2.55. The third kappa shape index (κ3) is 3.73. The van der Waals surface area contributed by atoms with Gasteiger partial charge in [0.2, 0.25) is 0 Å². The number of halogens is 2. The molecule has 0 atom stereocenters. The monoisotopic (exact) mass is 292 g/mol. The van der Waals surface area contributed by atoms with Crippen LogP contribution in [0.4, 0.5) is 8.78 Å². The predicted molar refractivity (Wildman–Crippen MR) is 53.7 cm³/mol. The van der Waals surface area contributed by atoms with E-state index in [9.17, 15) is 22.5 Å². The number of rotatable bonds is 5. The van der Waals surface area contributed by atoms with Crippen molar-refractivity contribution in [1.82, 2.24) is 4.31 Å². The summed E-state index contributed by atoms with van der Waals surface area (Å²) in [6.45, 7) is 0.105. The molecule has 0 aromatic carbocycles. The van der Waals surface area contributed by atoms with E-state index < -0.39 is 26.7 Å². The first kappa shape index (κ1) is 15.1. The minimum absolute atomic E-state index is 0.0523. The molecule has 1 heterocycles. The van der Waals surface area contributed by atoms with Crippen molar-refractivity contribution in [3.05, 3.63) is 0 Å². The maximum absolute atomic E-state index is 13.3. The van der Waals surface area contributed by atoms with Crippen molar-refractivity contribution in [2.24, 2.45) is 0 Å². The summed E-state index contributed by atoms with van der Waals surface area (Å²) in [4.78, 5) is 0. The molecule has 0 aliphatic carbocycles. The standard InChI is InChI=1S/C7H13F2NO5S2/c8-7(9,16-15-14-11)17(12,13)10-5-3-1-2-4-6-10/h11H,1-6H2/p-1. The van der Waals surface area contributed by atoms with E-state index in [-0.39, 0.29) is 13.1 Å². The fourth-order valence-electron chi connectivity index (χ4n) is 1.53. The van der Waals surface area contributed by atoms with Crippen LogP contribution in [-0.2, 0) is 19.4 Å². The van der Waals surface area contributed by atoms with Gasteiger partial charge in [0.1, 0.15) is 12.0 Å². The van der Waals surface area contributed by atoms with Gasteiger partial charge >= 0.3 is 4.59 Å². The molecule has 10 heteroatoms. The second-order valence-electron chi connectivity index (χ2n) is 3.50. The minimum Gasteiger partial charge on any atom is -0.691 e. The molecule has 0 saturated carbocycles. The Labute approximate surface area is 102 Å². The Kier molecular flexibility index (Phi) is 5.54. The number of nitrogens with zero attached hydrogens (tertiary/aromatic N) is 1. The van der Waals surface area contributed by atoms with Crippen LogP contribution in [0.15, 0.2) is 0 Å². The van der Waals surface area contributed by atoms with Gasteiger partial charge in [-0.25, -0.2) is 8.42 Å². The molecule has 6 nitrogen and oxygen atoms in total. The fourth-order valence-corrected chi connectivity index (χ4v) is 3.42. The predicted octanol–water partition coefficient (Wildman–Crippen LogP) is 0.614. The van der Waals surface area contributed by atoms with Crippen LogP contribution in [0.3, 0.4) is 0 Å². The number of alkyl halides is 2. The highest BCUT2D eigenvalue weighted by atomic mass is 32.3. The molecule has 0 aromatic heterocycles. The van der Waals surface area contributed by atoms with Crippen molar-refractivity contribution in [1.29, 1.82) is 0 Å². The van der Waals surface area contributed by atoms with Crippen molar-refractivity contribution in [3.63, 3.8) is 0 Å². The van der Waals surface area contributed by atoms with Gasteiger partial charge in [-0.05, 0) is 12.8 Å². The summed E-state index contributed by atoms with van der Waals surface area (Å²) in [6.07, 6.45) is 2.70. The lowest BCUT2D eigenvalue weighted by Gasteiger charge is -2.24. The van der Waals surface area contributed by atoms with Gasteiger partial charge < -0.3 is 5.26 Å². The molecule has 1 aliphatic rings. The first-order chi connectivity index (χ1) is 7.92. The Hall–Kier alpha value is -0.0000000000000000971. The first-order valence-electron chi connectivity index (χ1n) is 4.93. The molecule has 1 saturated heterocycles. The highest BCUT2D eigenvalue weighted by Crippen LogP contribution is 2.38. The van der Waals surface area contributed by atoms with E-state index in [0.29, 0.717) is 12.8 Å². The van der Waals surface area contributed by atoms with Crippen LogP contribution in [0.2, 0.25) is 0 Å². The second-order valence-corrected chi connectivity index (χ2v) is 6.55. The molecule has 0 spiro atoms. The van der Waals surface area contributed by atoms with E-state index in [1.54, 1.807) is 0 Å². The van der Waals surface area contributed by atoms with Crippen molar-refractivity contribution >= 4 is 22.1 Å². The zero-order chi connectivity index (χ0) is 12.9. The van der Waals surface area contributed by atoms with Gasteiger partial charge in [0, 0.05) is 13.1 Å². The summed E-state index contributed by atoms with van der Waals surface area (Å²) in [6, 6.07) is 0. The van der Waals surface area contributed by atoms with Gasteiger partial charge in [0.05, 0.1) is 0 Å². The lowest BCUT2D eigenvalue weighted by Crippen LogP contribution is -2.42. The molecular weight excluding hydrogens is 280 g/mol. The van der Waals surface area contributed by atoms with Crippen LogP contribution in [0, 0.1) is 0 Å². The van der Waals surface area contributed by atoms with Gasteiger partial charge in [-0.3, -0.25) is 5.04 Å². The maximum atomic E-state index is 13.3. The summed E-state index contributed by atoms with van der Waals surface area (Å²) in [5, 5.41) is 12.2. The molecule has 1 aliphatic heterocycles. The normalized spacial score (nSPS) is 20.2. The SMILES string of the molecule is O=S(=O)(N1CCCCCC1)C(F)(F)SOO[O-]. The van der Waals surface area contributed by atoms with Crippen molar-refractivity contribution in [3.8, 4) is 0 Å². The third-order valence-corrected chi connectivity index (χ3v) is 5.16. The van der Waals surface area contributed by atoms with Crippen LogP contribution in [0.25, 0.3) is 0 Å². The smallest absolute Gasteiger partial charge is 0.433 e.